The molecule has 134 valence electrons. The van der Waals surface area contributed by atoms with Crippen molar-refractivity contribution < 1.29 is 9.59 Å². The number of halogens is 1. The van der Waals surface area contributed by atoms with Gasteiger partial charge in [-0.1, -0.05) is 41.4 Å². The summed E-state index contributed by atoms with van der Waals surface area (Å²) in [6.07, 6.45) is 3.88. The van der Waals surface area contributed by atoms with Gasteiger partial charge in [-0.25, -0.2) is 0 Å². The number of nitrogens with zero attached hydrogens (tertiary/aromatic N) is 1. The summed E-state index contributed by atoms with van der Waals surface area (Å²) in [4.78, 5) is 26.2. The van der Waals surface area contributed by atoms with Crippen LogP contribution in [0.4, 0.5) is 4.79 Å². The Kier molecular flexibility index (Phi) is 7.92. The summed E-state index contributed by atoms with van der Waals surface area (Å²) in [5, 5.41) is 6.40. The van der Waals surface area contributed by atoms with Crippen LogP contribution in [0.5, 0.6) is 0 Å². The topological polar surface area (TPSA) is 61.4 Å². The number of thiocarbonyl (C=S) groups is 1. The molecule has 25 heavy (non-hydrogen) atoms. The Morgan fingerprint density at radius 1 is 1.32 bits per heavy atom. The fourth-order valence-electron chi connectivity index (χ4n) is 2.16. The normalized spacial score (nSPS) is 15.8. The maximum atomic E-state index is 12.4. The van der Waals surface area contributed by atoms with E-state index in [-0.39, 0.29) is 17.7 Å². The van der Waals surface area contributed by atoms with Crippen molar-refractivity contribution in [3.8, 4) is 0 Å². The van der Waals surface area contributed by atoms with Gasteiger partial charge in [0.2, 0.25) is 0 Å². The minimum absolute atomic E-state index is 0.252. The maximum Gasteiger partial charge on any atom is 0.293 e. The lowest BCUT2D eigenvalue weighted by atomic mass is 10.2. The van der Waals surface area contributed by atoms with E-state index in [9.17, 15) is 9.59 Å². The fourth-order valence-corrected chi connectivity index (χ4v) is 3.65. The summed E-state index contributed by atoms with van der Waals surface area (Å²) < 4.78 is 0.925. The molecule has 2 rings (SSSR count). The second-order valence-corrected chi connectivity index (χ2v) is 7.74. The number of thioether (sulfide) groups is 1. The standard InChI is InChI=1S/C17H20BrN3O2S2/c1-2-3-7-19-16(24)20-8-9-21-15(22)14(25-17(21)23)11-12-5-4-6-13(18)10-12/h4-6,10-11H,2-3,7-9H2,1H3,(H2,19,20,24)/b14-11-. The second-order valence-electron chi connectivity index (χ2n) is 5.42. The Morgan fingerprint density at radius 2 is 2.08 bits per heavy atom. The number of imide groups is 1. The molecule has 2 amide bonds. The number of hydrogen-bond donors (Lipinski definition) is 2. The van der Waals surface area contributed by atoms with Crippen molar-refractivity contribution in [3.63, 3.8) is 0 Å². The predicted molar refractivity (Wildman–Crippen MR) is 110 cm³/mol. The summed E-state index contributed by atoms with van der Waals surface area (Å²) in [6, 6.07) is 7.58. The lowest BCUT2D eigenvalue weighted by Gasteiger charge is -2.14. The van der Waals surface area contributed by atoms with Crippen LogP contribution in [-0.2, 0) is 4.79 Å². The summed E-state index contributed by atoms with van der Waals surface area (Å²) in [7, 11) is 0. The monoisotopic (exact) mass is 441 g/mol. The minimum atomic E-state index is -0.262. The van der Waals surface area contributed by atoms with Crippen LogP contribution in [0.1, 0.15) is 25.3 Å². The van der Waals surface area contributed by atoms with E-state index in [4.69, 9.17) is 12.2 Å². The van der Waals surface area contributed by atoms with Gasteiger partial charge in [-0.05, 0) is 54.2 Å². The van der Waals surface area contributed by atoms with E-state index in [1.807, 2.05) is 24.3 Å². The van der Waals surface area contributed by atoms with Crippen LogP contribution in [0.2, 0.25) is 0 Å². The van der Waals surface area contributed by atoms with E-state index < -0.39 is 0 Å². The van der Waals surface area contributed by atoms with E-state index in [2.05, 4.69) is 33.5 Å². The van der Waals surface area contributed by atoms with E-state index in [1.54, 1.807) is 6.08 Å². The summed E-state index contributed by atoms with van der Waals surface area (Å²) in [5.74, 6) is -0.262. The zero-order valence-electron chi connectivity index (χ0n) is 13.9. The van der Waals surface area contributed by atoms with Crippen molar-refractivity contribution in [3.05, 3.63) is 39.2 Å². The highest BCUT2D eigenvalue weighted by atomic mass is 79.9. The molecule has 1 aromatic carbocycles. The minimum Gasteiger partial charge on any atom is -0.363 e. The first-order chi connectivity index (χ1) is 12.0. The third-order valence-electron chi connectivity index (χ3n) is 3.46. The maximum absolute atomic E-state index is 12.4. The lowest BCUT2D eigenvalue weighted by Crippen LogP contribution is -2.41. The number of rotatable bonds is 7. The molecular weight excluding hydrogens is 422 g/mol. The molecule has 1 aliphatic heterocycles. The van der Waals surface area contributed by atoms with Gasteiger partial charge in [-0.3, -0.25) is 14.5 Å². The number of benzene rings is 1. The summed E-state index contributed by atoms with van der Waals surface area (Å²) >= 11 is 9.52. The van der Waals surface area contributed by atoms with Crippen LogP contribution in [0.15, 0.2) is 33.6 Å². The Hall–Kier alpha value is -1.38. The van der Waals surface area contributed by atoms with Crippen molar-refractivity contribution in [1.29, 1.82) is 0 Å². The number of carbonyl (C=O) groups is 2. The highest BCUT2D eigenvalue weighted by Gasteiger charge is 2.34. The van der Waals surface area contributed by atoms with Crippen LogP contribution in [-0.4, -0.2) is 40.8 Å². The van der Waals surface area contributed by atoms with E-state index in [0.717, 1.165) is 41.2 Å². The smallest absolute Gasteiger partial charge is 0.293 e. The second kappa shape index (κ2) is 9.94. The Morgan fingerprint density at radius 3 is 2.80 bits per heavy atom. The highest BCUT2D eigenvalue weighted by molar-refractivity contribution is 9.10. The van der Waals surface area contributed by atoms with Gasteiger partial charge >= 0.3 is 0 Å². The molecule has 0 spiro atoms. The van der Waals surface area contributed by atoms with Gasteiger partial charge in [-0.2, -0.15) is 0 Å². The molecule has 1 saturated heterocycles. The molecule has 1 aliphatic rings. The Balaban J connectivity index is 1.87. The zero-order chi connectivity index (χ0) is 18.2. The van der Waals surface area contributed by atoms with E-state index in [1.165, 1.54) is 4.90 Å². The summed E-state index contributed by atoms with van der Waals surface area (Å²) in [5.41, 5.74) is 0.874. The van der Waals surface area contributed by atoms with Gasteiger partial charge in [0.15, 0.2) is 5.11 Å². The largest absolute Gasteiger partial charge is 0.363 e. The van der Waals surface area contributed by atoms with Crippen molar-refractivity contribution in [2.45, 2.75) is 19.8 Å². The Bertz CT molecular complexity index is 694. The van der Waals surface area contributed by atoms with Gasteiger partial charge in [0.05, 0.1) is 4.91 Å². The third kappa shape index (κ3) is 6.13. The van der Waals surface area contributed by atoms with E-state index in [0.29, 0.717) is 16.6 Å². The number of amides is 2. The van der Waals surface area contributed by atoms with Gasteiger partial charge in [0.1, 0.15) is 0 Å². The molecule has 0 aromatic heterocycles. The molecule has 1 aromatic rings. The van der Waals surface area contributed by atoms with Crippen LogP contribution < -0.4 is 10.6 Å². The van der Waals surface area contributed by atoms with Gasteiger partial charge in [0.25, 0.3) is 11.1 Å². The zero-order valence-corrected chi connectivity index (χ0v) is 17.1. The van der Waals surface area contributed by atoms with Crippen LogP contribution in [0.3, 0.4) is 0 Å². The van der Waals surface area contributed by atoms with E-state index >= 15 is 0 Å². The molecule has 0 bridgehead atoms. The highest BCUT2D eigenvalue weighted by Crippen LogP contribution is 2.32. The SMILES string of the molecule is CCCCNC(=S)NCCN1C(=O)S/C(=C\c2cccc(Br)c2)C1=O. The molecule has 5 nitrogen and oxygen atoms in total. The van der Waals surface area contributed by atoms with Crippen molar-refractivity contribution in [2.24, 2.45) is 0 Å². The number of hydrogen-bond acceptors (Lipinski definition) is 4. The quantitative estimate of drug-likeness (QED) is 0.381. The van der Waals surface area contributed by atoms with Crippen LogP contribution >= 0.6 is 39.9 Å². The molecule has 0 unspecified atom stereocenters. The molecule has 0 atom stereocenters. The van der Waals surface area contributed by atoms with Crippen molar-refractivity contribution in [2.75, 3.05) is 19.6 Å². The average molecular weight is 442 g/mol. The number of nitrogens with one attached hydrogen (secondary N) is 2. The molecule has 0 radical (unpaired) electrons. The first-order valence-electron chi connectivity index (χ1n) is 8.04. The molecular formula is C17H20BrN3O2S2. The summed E-state index contributed by atoms with van der Waals surface area (Å²) in [6.45, 7) is 3.65. The fraction of sp³-hybridized carbons (Fsp3) is 0.353. The molecule has 0 saturated carbocycles. The number of carbonyl (C=O) groups excluding carboxylic acids is 2. The van der Waals surface area contributed by atoms with Gasteiger partial charge < -0.3 is 10.6 Å². The third-order valence-corrected chi connectivity index (χ3v) is 5.15. The first-order valence-corrected chi connectivity index (χ1v) is 10.1. The first kappa shape index (κ1) is 19.9. The molecule has 0 aliphatic carbocycles. The molecule has 1 heterocycles. The van der Waals surface area contributed by atoms with Crippen LogP contribution in [0, 0.1) is 0 Å². The molecule has 2 N–H and O–H groups in total. The van der Waals surface area contributed by atoms with Gasteiger partial charge in [-0.15, -0.1) is 0 Å². The predicted octanol–water partition coefficient (Wildman–Crippen LogP) is 3.75. The van der Waals surface area contributed by atoms with Crippen molar-refractivity contribution in [1.82, 2.24) is 15.5 Å². The van der Waals surface area contributed by atoms with Gasteiger partial charge in [0, 0.05) is 24.1 Å². The van der Waals surface area contributed by atoms with Crippen molar-refractivity contribution >= 4 is 62.2 Å². The average Bonchev–Trinajstić information content (AvgIpc) is 2.82. The van der Waals surface area contributed by atoms with Crippen LogP contribution in [0.25, 0.3) is 6.08 Å². The molecule has 1 fully saturated rings. The lowest BCUT2D eigenvalue weighted by molar-refractivity contribution is -0.122. The Labute approximate surface area is 165 Å². The molecule has 8 heteroatoms. The number of unbranched alkanes of at least 4 members (excludes halogenated alkanes) is 1.